The number of piperidine rings is 1. The van der Waals surface area contributed by atoms with Crippen molar-refractivity contribution in [2.75, 3.05) is 13.1 Å². The summed E-state index contributed by atoms with van der Waals surface area (Å²) in [5.41, 5.74) is 4.43. The number of aliphatic carboxylic acids is 1. The van der Waals surface area contributed by atoms with E-state index >= 15 is 0 Å². The molecule has 1 fully saturated rings. The zero-order chi connectivity index (χ0) is 15.5. The molecule has 1 saturated heterocycles. The number of aromatic nitrogens is 1. The number of nitrogens with one attached hydrogen (secondary N) is 1. The van der Waals surface area contributed by atoms with Crippen LogP contribution in [0.2, 0.25) is 0 Å². The summed E-state index contributed by atoms with van der Waals surface area (Å²) in [6, 6.07) is 6.46. The van der Waals surface area contributed by atoms with Crippen LogP contribution in [0, 0.1) is 12.8 Å². The minimum Gasteiger partial charge on any atom is -0.481 e. The third-order valence-corrected chi connectivity index (χ3v) is 5.75. The van der Waals surface area contributed by atoms with E-state index in [9.17, 15) is 9.90 Å². The summed E-state index contributed by atoms with van der Waals surface area (Å²) < 4.78 is 0. The van der Waals surface area contributed by atoms with Gasteiger partial charge in [0.05, 0.1) is 11.5 Å². The summed E-state index contributed by atoms with van der Waals surface area (Å²) in [6.45, 7) is 6.17. The van der Waals surface area contributed by atoms with Gasteiger partial charge in [0.15, 0.2) is 0 Å². The molecule has 0 unspecified atom stereocenters. The Morgan fingerprint density at radius 1 is 1.41 bits per heavy atom. The summed E-state index contributed by atoms with van der Waals surface area (Å²) in [6.07, 6.45) is 2.73. The van der Waals surface area contributed by atoms with E-state index in [2.05, 4.69) is 41.9 Å². The van der Waals surface area contributed by atoms with E-state index in [4.69, 9.17) is 0 Å². The molecule has 3 heterocycles. The second kappa shape index (κ2) is 4.59. The van der Waals surface area contributed by atoms with Gasteiger partial charge in [-0.25, -0.2) is 0 Å². The van der Waals surface area contributed by atoms with Crippen molar-refractivity contribution in [3.8, 4) is 0 Å². The lowest BCUT2D eigenvalue weighted by Crippen LogP contribution is -2.58. The van der Waals surface area contributed by atoms with Gasteiger partial charge in [-0.3, -0.25) is 9.69 Å². The Kier molecular flexibility index (Phi) is 2.89. The van der Waals surface area contributed by atoms with E-state index in [1.165, 1.54) is 16.5 Å². The molecular formula is C18H22N2O2. The van der Waals surface area contributed by atoms with Crippen LogP contribution in [0.5, 0.6) is 0 Å². The van der Waals surface area contributed by atoms with Gasteiger partial charge in [-0.15, -0.1) is 0 Å². The van der Waals surface area contributed by atoms with Crippen LogP contribution in [-0.2, 0) is 16.8 Å². The highest BCUT2D eigenvalue weighted by Crippen LogP contribution is 2.47. The number of carboxylic acid groups (broad SMARTS) is 1. The molecule has 116 valence electrons. The maximum absolute atomic E-state index is 11.9. The molecular weight excluding hydrogens is 276 g/mol. The monoisotopic (exact) mass is 298 g/mol. The van der Waals surface area contributed by atoms with Gasteiger partial charge in [0.2, 0.25) is 0 Å². The highest BCUT2D eigenvalue weighted by molar-refractivity contribution is 5.86. The minimum atomic E-state index is -0.671. The number of hydrogen-bond donors (Lipinski definition) is 2. The van der Waals surface area contributed by atoms with Crippen molar-refractivity contribution in [1.82, 2.24) is 9.88 Å². The fraction of sp³-hybridized carbons (Fsp3) is 0.500. The van der Waals surface area contributed by atoms with Crippen LogP contribution in [0.25, 0.3) is 10.9 Å². The molecule has 1 aromatic heterocycles. The minimum absolute atomic E-state index is 0.338. The molecule has 0 bridgehead atoms. The van der Waals surface area contributed by atoms with Gasteiger partial charge in [0.25, 0.3) is 0 Å². The van der Waals surface area contributed by atoms with Crippen molar-refractivity contribution >= 4 is 16.9 Å². The molecule has 0 amide bonds. The summed E-state index contributed by atoms with van der Waals surface area (Å²) in [5.74, 6) is -1.01. The first-order chi connectivity index (χ1) is 10.5. The van der Waals surface area contributed by atoms with Gasteiger partial charge in [-0.05, 0) is 57.4 Å². The Balaban J connectivity index is 1.96. The Morgan fingerprint density at radius 3 is 3.00 bits per heavy atom. The van der Waals surface area contributed by atoms with Gasteiger partial charge in [0, 0.05) is 23.1 Å². The molecule has 0 spiro atoms. The van der Waals surface area contributed by atoms with Crippen molar-refractivity contribution in [1.29, 1.82) is 0 Å². The van der Waals surface area contributed by atoms with Gasteiger partial charge in [0.1, 0.15) is 0 Å². The number of benzene rings is 1. The topological polar surface area (TPSA) is 56.3 Å². The maximum atomic E-state index is 11.9. The van der Waals surface area contributed by atoms with Crippen LogP contribution >= 0.6 is 0 Å². The van der Waals surface area contributed by atoms with E-state index in [0.29, 0.717) is 0 Å². The number of carboxylic acids is 1. The van der Waals surface area contributed by atoms with Crippen LogP contribution < -0.4 is 0 Å². The van der Waals surface area contributed by atoms with Crippen molar-refractivity contribution in [3.05, 3.63) is 35.0 Å². The van der Waals surface area contributed by atoms with Crippen molar-refractivity contribution in [2.45, 2.75) is 38.6 Å². The highest BCUT2D eigenvalue weighted by Gasteiger charge is 2.51. The average molecular weight is 298 g/mol. The Labute approximate surface area is 130 Å². The fourth-order valence-electron chi connectivity index (χ4n) is 4.56. The van der Waals surface area contributed by atoms with E-state index in [-0.39, 0.29) is 5.92 Å². The van der Waals surface area contributed by atoms with Gasteiger partial charge in [-0.2, -0.15) is 0 Å². The van der Waals surface area contributed by atoms with Crippen molar-refractivity contribution < 1.29 is 9.90 Å². The average Bonchev–Trinajstić information content (AvgIpc) is 2.85. The fourth-order valence-corrected chi connectivity index (χ4v) is 4.56. The van der Waals surface area contributed by atoms with Crippen LogP contribution in [-0.4, -0.2) is 34.0 Å². The molecule has 1 aromatic carbocycles. The van der Waals surface area contributed by atoms with E-state index in [1.807, 2.05) is 0 Å². The largest absolute Gasteiger partial charge is 0.481 e. The van der Waals surface area contributed by atoms with Crippen LogP contribution in [0.1, 0.15) is 36.6 Å². The molecule has 4 nitrogen and oxygen atoms in total. The van der Waals surface area contributed by atoms with E-state index in [0.717, 1.165) is 43.6 Å². The predicted octanol–water partition coefficient (Wildman–Crippen LogP) is 3.04. The maximum Gasteiger partial charge on any atom is 0.308 e. The zero-order valence-electron chi connectivity index (χ0n) is 13.1. The van der Waals surface area contributed by atoms with Crippen LogP contribution in [0.4, 0.5) is 0 Å². The summed E-state index contributed by atoms with van der Waals surface area (Å²) in [5, 5.41) is 11.0. The number of hydrogen-bond acceptors (Lipinski definition) is 2. The molecule has 2 aliphatic heterocycles. The van der Waals surface area contributed by atoms with Gasteiger partial charge < -0.3 is 10.1 Å². The van der Waals surface area contributed by atoms with Crippen LogP contribution in [0.3, 0.4) is 0 Å². The molecule has 0 aliphatic carbocycles. The molecule has 2 aliphatic rings. The first kappa shape index (κ1) is 13.8. The van der Waals surface area contributed by atoms with E-state index < -0.39 is 11.5 Å². The number of rotatable bonds is 1. The SMILES string of the molecule is Cc1ccc2[nH]c3c(c2c1)CCN1CCC[C@@H](C(=O)O)[C@]31C. The lowest BCUT2D eigenvalue weighted by atomic mass is 9.72. The lowest BCUT2D eigenvalue weighted by Gasteiger charge is -2.51. The zero-order valence-corrected chi connectivity index (χ0v) is 13.1. The second-order valence-corrected chi connectivity index (χ2v) is 6.95. The molecule has 2 N–H and O–H groups in total. The standard InChI is InChI=1S/C18H22N2O2/c1-11-5-6-15-13(10-11)12-7-9-20-8-3-4-14(17(21)22)18(20,2)16(12)19-15/h5-6,10,14,19H,3-4,7-9H2,1-2H3,(H,21,22)/t14-,18+/m0/s1. The third-order valence-electron chi connectivity index (χ3n) is 5.75. The molecule has 0 radical (unpaired) electrons. The third kappa shape index (κ3) is 1.70. The molecule has 22 heavy (non-hydrogen) atoms. The van der Waals surface area contributed by atoms with Crippen molar-refractivity contribution in [2.24, 2.45) is 5.92 Å². The van der Waals surface area contributed by atoms with E-state index in [1.54, 1.807) is 0 Å². The number of H-pyrrole nitrogens is 1. The quantitative estimate of drug-likeness (QED) is 0.851. The van der Waals surface area contributed by atoms with Gasteiger partial charge >= 0.3 is 5.97 Å². The second-order valence-electron chi connectivity index (χ2n) is 6.95. The lowest BCUT2D eigenvalue weighted by molar-refractivity contribution is -0.152. The molecule has 0 saturated carbocycles. The number of carbonyl (C=O) groups is 1. The number of aromatic amines is 1. The van der Waals surface area contributed by atoms with Crippen LogP contribution in [0.15, 0.2) is 18.2 Å². The smallest absolute Gasteiger partial charge is 0.308 e. The number of fused-ring (bicyclic) bond motifs is 5. The summed E-state index contributed by atoms with van der Waals surface area (Å²) in [4.78, 5) is 17.8. The molecule has 4 rings (SSSR count). The normalized spacial score (nSPS) is 28.4. The van der Waals surface area contributed by atoms with Crippen molar-refractivity contribution in [3.63, 3.8) is 0 Å². The number of aryl methyl sites for hydroxylation is 1. The summed E-state index contributed by atoms with van der Waals surface area (Å²) >= 11 is 0. The van der Waals surface area contributed by atoms with Gasteiger partial charge in [-0.1, -0.05) is 11.6 Å². The molecule has 4 heteroatoms. The summed E-state index contributed by atoms with van der Waals surface area (Å²) in [7, 11) is 0. The predicted molar refractivity (Wildman–Crippen MR) is 86.0 cm³/mol. The number of nitrogens with zero attached hydrogens (tertiary/aromatic N) is 1. The Bertz CT molecular complexity index is 764. The Hall–Kier alpha value is -1.81. The molecule has 2 aromatic rings. The Morgan fingerprint density at radius 2 is 2.23 bits per heavy atom. The first-order valence-corrected chi connectivity index (χ1v) is 8.11. The first-order valence-electron chi connectivity index (χ1n) is 8.11. The highest BCUT2D eigenvalue weighted by atomic mass is 16.4. The molecule has 2 atom stereocenters.